The molecule has 2 amide bonds. The number of alkyl halides is 2. The number of hydrogen-bond acceptors (Lipinski definition) is 4. The van der Waals surface area contributed by atoms with Crippen LogP contribution in [0.4, 0.5) is 14.5 Å². The van der Waals surface area contributed by atoms with E-state index in [0.717, 1.165) is 12.5 Å². The lowest BCUT2D eigenvalue weighted by molar-refractivity contribution is -0.117. The smallest absolute Gasteiger partial charge is 0.293 e. The summed E-state index contributed by atoms with van der Waals surface area (Å²) in [6.45, 7) is 1.63. The number of nitrogens with zero attached hydrogens (tertiary/aromatic N) is 2. The van der Waals surface area contributed by atoms with E-state index in [1.54, 1.807) is 6.92 Å². The first-order valence-electron chi connectivity index (χ1n) is 10.4. The SMILES string of the molecule is C#CC1(NC(=O)C(=O)c2c(C)c(C(=O)Nc3ccnc(C(F)F)c3)n3c2CC2CC23)CC1. The molecule has 164 valence electrons. The van der Waals surface area contributed by atoms with Gasteiger partial charge in [0, 0.05) is 23.6 Å². The summed E-state index contributed by atoms with van der Waals surface area (Å²) in [6, 6.07) is 2.63. The number of hydrogen-bond donors (Lipinski definition) is 2. The highest BCUT2D eigenvalue weighted by atomic mass is 19.3. The number of nitrogens with one attached hydrogen (secondary N) is 2. The molecule has 3 heterocycles. The quantitative estimate of drug-likeness (QED) is 0.412. The van der Waals surface area contributed by atoms with Gasteiger partial charge in [-0.1, -0.05) is 5.92 Å². The van der Waals surface area contributed by atoms with Crippen molar-refractivity contribution in [2.75, 3.05) is 5.32 Å². The molecular weight excluding hydrogens is 418 g/mol. The molecule has 2 atom stereocenters. The van der Waals surface area contributed by atoms with Gasteiger partial charge >= 0.3 is 0 Å². The summed E-state index contributed by atoms with van der Waals surface area (Å²) in [6.07, 6.45) is 6.65. The van der Waals surface area contributed by atoms with Crippen molar-refractivity contribution >= 4 is 23.3 Å². The number of aromatic nitrogens is 2. The van der Waals surface area contributed by atoms with E-state index in [0.29, 0.717) is 36.4 Å². The molecule has 0 bridgehead atoms. The maximum absolute atomic E-state index is 13.2. The number of pyridine rings is 1. The molecule has 0 aromatic carbocycles. The first kappa shape index (κ1) is 20.4. The minimum absolute atomic E-state index is 0.101. The van der Waals surface area contributed by atoms with Gasteiger partial charge in [0.15, 0.2) is 0 Å². The van der Waals surface area contributed by atoms with Crippen LogP contribution in [0.5, 0.6) is 0 Å². The molecule has 0 radical (unpaired) electrons. The van der Waals surface area contributed by atoms with Crippen LogP contribution >= 0.6 is 0 Å². The Morgan fingerprint density at radius 1 is 1.34 bits per heavy atom. The number of rotatable bonds is 6. The molecular formula is C23H20F2N4O3. The van der Waals surface area contributed by atoms with Crippen molar-refractivity contribution in [3.63, 3.8) is 0 Å². The normalized spacial score (nSPS) is 21.3. The van der Waals surface area contributed by atoms with E-state index >= 15 is 0 Å². The van der Waals surface area contributed by atoms with Gasteiger partial charge in [-0.25, -0.2) is 8.78 Å². The number of amides is 2. The predicted octanol–water partition coefficient (Wildman–Crippen LogP) is 2.96. The van der Waals surface area contributed by atoms with Gasteiger partial charge < -0.3 is 15.2 Å². The second-order valence-corrected chi connectivity index (χ2v) is 8.67. The van der Waals surface area contributed by atoms with Crippen molar-refractivity contribution in [2.24, 2.45) is 5.92 Å². The maximum atomic E-state index is 13.2. The van der Waals surface area contributed by atoms with Gasteiger partial charge in [0.25, 0.3) is 24.0 Å². The fourth-order valence-electron chi connectivity index (χ4n) is 4.59. The lowest BCUT2D eigenvalue weighted by Gasteiger charge is -2.11. The first-order valence-corrected chi connectivity index (χ1v) is 10.4. The summed E-state index contributed by atoms with van der Waals surface area (Å²) in [5, 5.41) is 5.27. The van der Waals surface area contributed by atoms with Crippen LogP contribution in [0.1, 0.15) is 69.5 Å². The molecule has 32 heavy (non-hydrogen) atoms. The molecule has 7 nitrogen and oxygen atoms in total. The number of Topliss-reactive ketones (excluding diaryl/α,β-unsaturated/α-hetero) is 1. The Balaban J connectivity index is 1.47. The van der Waals surface area contributed by atoms with Crippen molar-refractivity contribution in [1.29, 1.82) is 0 Å². The van der Waals surface area contributed by atoms with E-state index in [-0.39, 0.29) is 23.0 Å². The number of terminal acetylenes is 1. The topological polar surface area (TPSA) is 93.1 Å². The minimum Gasteiger partial charge on any atom is -0.336 e. The highest BCUT2D eigenvalue weighted by Crippen LogP contribution is 2.54. The zero-order valence-corrected chi connectivity index (χ0v) is 17.2. The minimum atomic E-state index is -2.76. The number of carbonyl (C=O) groups is 3. The van der Waals surface area contributed by atoms with Gasteiger partial charge in [0.2, 0.25) is 0 Å². The van der Waals surface area contributed by atoms with Gasteiger partial charge in [-0.15, -0.1) is 6.42 Å². The molecule has 2 N–H and O–H groups in total. The van der Waals surface area contributed by atoms with Gasteiger partial charge in [-0.05, 0) is 56.2 Å². The zero-order chi connectivity index (χ0) is 22.8. The average Bonchev–Trinajstić information content (AvgIpc) is 3.65. The van der Waals surface area contributed by atoms with E-state index in [1.807, 2.05) is 4.57 Å². The second-order valence-electron chi connectivity index (χ2n) is 8.67. The van der Waals surface area contributed by atoms with Crippen molar-refractivity contribution in [3.8, 4) is 12.3 Å². The third kappa shape index (κ3) is 3.18. The molecule has 0 spiro atoms. The summed E-state index contributed by atoms with van der Waals surface area (Å²) in [4.78, 5) is 42.4. The van der Waals surface area contributed by atoms with Gasteiger partial charge in [0.05, 0.1) is 5.56 Å². The Morgan fingerprint density at radius 3 is 2.75 bits per heavy atom. The van der Waals surface area contributed by atoms with E-state index in [9.17, 15) is 23.2 Å². The molecule has 2 fully saturated rings. The molecule has 0 saturated heterocycles. The van der Waals surface area contributed by atoms with Crippen LogP contribution in [0.25, 0.3) is 0 Å². The fraction of sp³-hybridized carbons (Fsp3) is 0.391. The molecule has 3 aliphatic rings. The van der Waals surface area contributed by atoms with Crippen molar-refractivity contribution in [1.82, 2.24) is 14.9 Å². The van der Waals surface area contributed by atoms with E-state index in [1.165, 1.54) is 12.3 Å². The number of fused-ring (bicyclic) bond motifs is 3. The number of halogens is 2. The van der Waals surface area contributed by atoms with Crippen molar-refractivity contribution < 1.29 is 23.2 Å². The zero-order valence-electron chi connectivity index (χ0n) is 17.2. The van der Waals surface area contributed by atoms with Gasteiger partial charge in [0.1, 0.15) is 16.9 Å². The van der Waals surface area contributed by atoms with Crippen LogP contribution in [0, 0.1) is 25.2 Å². The first-order chi connectivity index (χ1) is 15.2. The monoisotopic (exact) mass is 438 g/mol. The summed E-state index contributed by atoms with van der Waals surface area (Å²) in [5.41, 5.74) is 0.549. The third-order valence-corrected chi connectivity index (χ3v) is 6.51. The average molecular weight is 438 g/mol. The Kier molecular flexibility index (Phi) is 4.45. The molecule has 2 saturated carbocycles. The fourth-order valence-corrected chi connectivity index (χ4v) is 4.59. The van der Waals surface area contributed by atoms with Crippen LogP contribution in [0.3, 0.4) is 0 Å². The number of carbonyl (C=O) groups excluding carboxylic acids is 3. The second kappa shape index (κ2) is 6.99. The summed E-state index contributed by atoms with van der Waals surface area (Å²) < 4.78 is 27.7. The predicted molar refractivity (Wildman–Crippen MR) is 110 cm³/mol. The van der Waals surface area contributed by atoms with Crippen LogP contribution < -0.4 is 10.6 Å². The van der Waals surface area contributed by atoms with E-state index < -0.39 is 35.3 Å². The molecule has 9 heteroatoms. The highest BCUT2D eigenvalue weighted by Gasteiger charge is 2.51. The Hall–Kier alpha value is -3.54. The van der Waals surface area contributed by atoms with Crippen molar-refractivity contribution in [3.05, 3.63) is 46.5 Å². The van der Waals surface area contributed by atoms with Crippen molar-refractivity contribution in [2.45, 2.75) is 50.6 Å². The number of ketones is 1. The lowest BCUT2D eigenvalue weighted by Crippen LogP contribution is -2.40. The van der Waals surface area contributed by atoms with Crippen LogP contribution in [-0.2, 0) is 11.2 Å². The lowest BCUT2D eigenvalue weighted by atomic mass is 10.0. The molecule has 2 aromatic rings. The Labute approximate surface area is 182 Å². The summed E-state index contributed by atoms with van der Waals surface area (Å²) in [7, 11) is 0. The summed E-state index contributed by atoms with van der Waals surface area (Å²) in [5.74, 6) is 0.842. The van der Waals surface area contributed by atoms with E-state index in [4.69, 9.17) is 6.42 Å². The molecule has 5 rings (SSSR count). The van der Waals surface area contributed by atoms with Gasteiger partial charge in [-0.3, -0.25) is 19.4 Å². The van der Waals surface area contributed by atoms with E-state index in [2.05, 4.69) is 21.5 Å². The Morgan fingerprint density at radius 2 is 2.09 bits per heavy atom. The molecule has 2 unspecified atom stereocenters. The third-order valence-electron chi connectivity index (χ3n) is 6.51. The molecule has 1 aliphatic heterocycles. The standard InChI is InChI=1S/C23H20F2N4O3/c1-3-23(5-6-23)28-22(32)19(30)17-11(2)18(29-15-8-12(15)9-16(17)29)21(31)27-13-4-7-26-14(10-13)20(24)25/h1,4,7,10,12,15,20H,5-6,8-9H2,2H3,(H,28,32)(H,26,27,31). The number of anilines is 1. The molecule has 2 aromatic heterocycles. The van der Waals surface area contributed by atoms with Crippen LogP contribution in [-0.4, -0.2) is 32.7 Å². The van der Waals surface area contributed by atoms with Crippen LogP contribution in [0.2, 0.25) is 0 Å². The molecule has 2 aliphatic carbocycles. The Bertz CT molecular complexity index is 1220. The highest BCUT2D eigenvalue weighted by molar-refractivity contribution is 6.44. The largest absolute Gasteiger partial charge is 0.336 e. The van der Waals surface area contributed by atoms with Crippen LogP contribution in [0.15, 0.2) is 18.3 Å². The van der Waals surface area contributed by atoms with Gasteiger partial charge in [-0.2, -0.15) is 0 Å². The summed E-state index contributed by atoms with van der Waals surface area (Å²) >= 11 is 0. The maximum Gasteiger partial charge on any atom is 0.293 e.